The van der Waals surface area contributed by atoms with E-state index in [1.54, 1.807) is 0 Å². The second-order valence-corrected chi connectivity index (χ2v) is 5.13. The zero-order valence-electron chi connectivity index (χ0n) is 11.2. The number of hydrogen-bond donors (Lipinski definition) is 1. The number of benzene rings is 1. The molecule has 18 heavy (non-hydrogen) atoms. The third kappa shape index (κ3) is 2.91. The Bertz CT molecular complexity index is 391. The second kappa shape index (κ2) is 6.01. The Kier molecular flexibility index (Phi) is 4.37. The molecule has 2 atom stereocenters. The molecule has 0 aromatic heterocycles. The lowest BCUT2D eigenvalue weighted by Gasteiger charge is -2.26. The molecule has 1 aromatic rings. The van der Waals surface area contributed by atoms with Crippen LogP contribution in [-0.4, -0.2) is 30.4 Å². The van der Waals surface area contributed by atoms with Gasteiger partial charge in [0.05, 0.1) is 6.04 Å². The Morgan fingerprint density at radius 1 is 1.33 bits per heavy atom. The molecule has 0 bridgehead atoms. The van der Waals surface area contributed by atoms with Crippen LogP contribution in [0.3, 0.4) is 0 Å². The minimum absolute atomic E-state index is 0.0313. The van der Waals surface area contributed by atoms with Crippen molar-refractivity contribution in [2.45, 2.75) is 32.4 Å². The minimum Gasteiger partial charge on any atom is -0.337 e. The van der Waals surface area contributed by atoms with Crippen LogP contribution in [0.15, 0.2) is 30.3 Å². The van der Waals surface area contributed by atoms with Crippen LogP contribution in [0.25, 0.3) is 0 Å². The number of nitrogens with one attached hydrogen (secondary N) is 1. The fourth-order valence-corrected chi connectivity index (χ4v) is 2.69. The smallest absolute Gasteiger partial charge is 0.240 e. The lowest BCUT2D eigenvalue weighted by molar-refractivity contribution is -0.134. The van der Waals surface area contributed by atoms with Crippen molar-refractivity contribution in [3.05, 3.63) is 35.9 Å². The van der Waals surface area contributed by atoms with Gasteiger partial charge >= 0.3 is 0 Å². The van der Waals surface area contributed by atoms with Gasteiger partial charge in [0.15, 0.2) is 0 Å². The minimum atomic E-state index is -0.0313. The topological polar surface area (TPSA) is 32.3 Å². The van der Waals surface area contributed by atoms with Crippen LogP contribution in [0.2, 0.25) is 0 Å². The van der Waals surface area contributed by atoms with Crippen molar-refractivity contribution >= 4 is 5.91 Å². The maximum Gasteiger partial charge on any atom is 0.240 e. The molecule has 0 spiro atoms. The Balaban J connectivity index is 2.10. The first-order chi connectivity index (χ1) is 8.72. The zero-order valence-corrected chi connectivity index (χ0v) is 11.2. The van der Waals surface area contributed by atoms with Gasteiger partial charge < -0.3 is 10.2 Å². The summed E-state index contributed by atoms with van der Waals surface area (Å²) in [5.41, 5.74) is 1.20. The van der Waals surface area contributed by atoms with Crippen LogP contribution in [-0.2, 0) is 11.3 Å². The van der Waals surface area contributed by atoms with Gasteiger partial charge in [-0.1, -0.05) is 37.3 Å². The van der Waals surface area contributed by atoms with Crippen LogP contribution in [0.1, 0.15) is 25.3 Å². The van der Waals surface area contributed by atoms with Gasteiger partial charge in [-0.15, -0.1) is 0 Å². The molecule has 1 aliphatic heterocycles. The summed E-state index contributed by atoms with van der Waals surface area (Å²) in [6, 6.07) is 10.2. The molecule has 1 saturated heterocycles. The third-order valence-electron chi connectivity index (χ3n) is 3.76. The Hall–Kier alpha value is -1.35. The van der Waals surface area contributed by atoms with E-state index >= 15 is 0 Å². The molecule has 2 rings (SSSR count). The van der Waals surface area contributed by atoms with Crippen molar-refractivity contribution in [3.63, 3.8) is 0 Å². The third-order valence-corrected chi connectivity index (χ3v) is 3.76. The lowest BCUT2D eigenvalue weighted by Crippen LogP contribution is -2.46. The highest BCUT2D eigenvalue weighted by atomic mass is 16.2. The van der Waals surface area contributed by atoms with Crippen LogP contribution in [0.5, 0.6) is 0 Å². The normalized spacial score (nSPS) is 25.0. The molecule has 1 heterocycles. The average molecular weight is 246 g/mol. The van der Waals surface area contributed by atoms with Crippen molar-refractivity contribution in [2.75, 3.05) is 13.6 Å². The molecule has 0 radical (unpaired) electrons. The fraction of sp³-hybridized carbons (Fsp3) is 0.533. The summed E-state index contributed by atoms with van der Waals surface area (Å²) in [6.07, 6.45) is 2.21. The Morgan fingerprint density at radius 3 is 2.72 bits per heavy atom. The van der Waals surface area contributed by atoms with Crippen LogP contribution in [0, 0.1) is 5.92 Å². The fourth-order valence-electron chi connectivity index (χ4n) is 2.69. The standard InChI is InChI=1S/C15H22N2O/c1-12-7-6-10-17(15(18)14(12)16-2)11-13-8-4-3-5-9-13/h3-5,8-9,12,14,16H,6-7,10-11H2,1-2H3. The van der Waals surface area contributed by atoms with Gasteiger partial charge in [0.25, 0.3) is 0 Å². The van der Waals surface area contributed by atoms with Gasteiger partial charge in [0.1, 0.15) is 0 Å². The first-order valence-corrected chi connectivity index (χ1v) is 6.72. The summed E-state index contributed by atoms with van der Waals surface area (Å²) >= 11 is 0. The van der Waals surface area contributed by atoms with Crippen molar-refractivity contribution in [1.29, 1.82) is 0 Å². The van der Waals surface area contributed by atoms with E-state index in [4.69, 9.17) is 0 Å². The number of likely N-dealkylation sites (N-methyl/N-ethyl adjacent to an activating group) is 1. The van der Waals surface area contributed by atoms with Gasteiger partial charge in [-0.25, -0.2) is 0 Å². The maximum absolute atomic E-state index is 12.5. The summed E-state index contributed by atoms with van der Waals surface area (Å²) in [6.45, 7) is 3.76. The predicted octanol–water partition coefficient (Wildman–Crippen LogP) is 2.03. The van der Waals surface area contributed by atoms with Gasteiger partial charge in [-0.3, -0.25) is 4.79 Å². The summed E-state index contributed by atoms with van der Waals surface area (Å²) in [5, 5.41) is 3.17. The summed E-state index contributed by atoms with van der Waals surface area (Å²) in [4.78, 5) is 14.4. The molecule has 2 unspecified atom stereocenters. The monoisotopic (exact) mass is 246 g/mol. The Morgan fingerprint density at radius 2 is 2.06 bits per heavy atom. The number of nitrogens with zero attached hydrogens (tertiary/aromatic N) is 1. The number of amides is 1. The molecule has 1 aliphatic rings. The van der Waals surface area contributed by atoms with Gasteiger partial charge in [0, 0.05) is 13.1 Å². The maximum atomic E-state index is 12.5. The average Bonchev–Trinajstić information content (AvgIpc) is 2.51. The SMILES string of the molecule is CNC1C(=O)N(Cc2ccccc2)CCCC1C. The number of likely N-dealkylation sites (tertiary alicyclic amines) is 1. The second-order valence-electron chi connectivity index (χ2n) is 5.13. The van der Waals surface area contributed by atoms with E-state index in [0.29, 0.717) is 5.92 Å². The molecule has 1 fully saturated rings. The van der Waals surface area contributed by atoms with E-state index < -0.39 is 0 Å². The van der Waals surface area contributed by atoms with Crippen LogP contribution < -0.4 is 5.32 Å². The van der Waals surface area contributed by atoms with E-state index in [9.17, 15) is 4.79 Å². The van der Waals surface area contributed by atoms with Gasteiger partial charge in [0.2, 0.25) is 5.91 Å². The number of carbonyl (C=O) groups is 1. The molecule has 1 aromatic carbocycles. The first-order valence-electron chi connectivity index (χ1n) is 6.72. The quantitative estimate of drug-likeness (QED) is 0.885. The lowest BCUT2D eigenvalue weighted by atomic mass is 9.98. The molecular formula is C15H22N2O. The molecular weight excluding hydrogens is 224 g/mol. The highest BCUT2D eigenvalue weighted by Crippen LogP contribution is 2.20. The first kappa shape index (κ1) is 13.1. The highest BCUT2D eigenvalue weighted by Gasteiger charge is 2.30. The number of carbonyl (C=O) groups excluding carboxylic acids is 1. The molecule has 0 saturated carbocycles. The highest BCUT2D eigenvalue weighted by molar-refractivity contribution is 5.82. The molecule has 1 N–H and O–H groups in total. The molecule has 0 aliphatic carbocycles. The summed E-state index contributed by atoms with van der Waals surface area (Å²) in [5.74, 6) is 0.662. The van der Waals surface area contributed by atoms with Crippen LogP contribution >= 0.6 is 0 Å². The zero-order chi connectivity index (χ0) is 13.0. The van der Waals surface area contributed by atoms with Crippen LogP contribution in [0.4, 0.5) is 0 Å². The van der Waals surface area contributed by atoms with E-state index in [1.165, 1.54) is 5.56 Å². The van der Waals surface area contributed by atoms with Gasteiger partial charge in [-0.05, 0) is 31.4 Å². The molecule has 1 amide bonds. The van der Waals surface area contributed by atoms with Crippen molar-refractivity contribution in [2.24, 2.45) is 5.92 Å². The van der Waals surface area contributed by atoms with Crippen molar-refractivity contribution < 1.29 is 4.79 Å². The van der Waals surface area contributed by atoms with E-state index in [-0.39, 0.29) is 11.9 Å². The van der Waals surface area contributed by atoms with Crippen molar-refractivity contribution in [3.8, 4) is 0 Å². The largest absolute Gasteiger partial charge is 0.337 e. The number of hydrogen-bond acceptors (Lipinski definition) is 2. The summed E-state index contributed by atoms with van der Waals surface area (Å²) in [7, 11) is 1.88. The molecule has 3 nitrogen and oxygen atoms in total. The van der Waals surface area contributed by atoms with E-state index in [2.05, 4.69) is 24.4 Å². The van der Waals surface area contributed by atoms with Gasteiger partial charge in [-0.2, -0.15) is 0 Å². The summed E-state index contributed by atoms with van der Waals surface area (Å²) < 4.78 is 0. The Labute approximate surface area is 109 Å². The number of rotatable bonds is 3. The molecule has 3 heteroatoms. The van der Waals surface area contributed by atoms with Crippen molar-refractivity contribution in [1.82, 2.24) is 10.2 Å². The molecule has 98 valence electrons. The van der Waals surface area contributed by atoms with E-state index in [0.717, 1.165) is 25.9 Å². The van der Waals surface area contributed by atoms with E-state index in [1.807, 2.05) is 30.1 Å². The predicted molar refractivity (Wildman–Crippen MR) is 73.1 cm³/mol.